The van der Waals surface area contributed by atoms with Gasteiger partial charge in [0.15, 0.2) is 0 Å². The summed E-state index contributed by atoms with van der Waals surface area (Å²) in [6.07, 6.45) is 1.79. The Labute approximate surface area is 132 Å². The van der Waals surface area contributed by atoms with Crippen LogP contribution in [0.3, 0.4) is 0 Å². The van der Waals surface area contributed by atoms with Crippen molar-refractivity contribution in [3.63, 3.8) is 0 Å². The Bertz CT molecular complexity index is 768. The van der Waals surface area contributed by atoms with Gasteiger partial charge in [-0.2, -0.15) is 0 Å². The zero-order valence-corrected chi connectivity index (χ0v) is 13.2. The molecule has 106 valence electrons. The molecule has 0 saturated heterocycles. The fourth-order valence-corrected chi connectivity index (χ4v) is 2.58. The molecule has 0 atom stereocenters. The van der Waals surface area contributed by atoms with Gasteiger partial charge in [-0.1, -0.05) is 28.1 Å². The summed E-state index contributed by atoms with van der Waals surface area (Å²) in [7, 11) is 1.92. The first-order valence-electron chi connectivity index (χ1n) is 6.72. The fourth-order valence-electron chi connectivity index (χ4n) is 2.24. The van der Waals surface area contributed by atoms with Crippen LogP contribution in [-0.4, -0.2) is 12.0 Å². The molecule has 3 aromatic rings. The van der Waals surface area contributed by atoms with Gasteiger partial charge in [0.05, 0.1) is 5.52 Å². The Kier molecular flexibility index (Phi) is 4.18. The lowest BCUT2D eigenvalue weighted by Crippen LogP contribution is -2.06. The molecule has 0 amide bonds. The summed E-state index contributed by atoms with van der Waals surface area (Å²) in [6.45, 7) is 0.756. The predicted molar refractivity (Wildman–Crippen MR) is 88.7 cm³/mol. The van der Waals surface area contributed by atoms with Crippen LogP contribution < -0.4 is 10.1 Å². The van der Waals surface area contributed by atoms with Crippen molar-refractivity contribution in [1.29, 1.82) is 0 Å². The molecular formula is C17H15BrN2O. The first-order chi connectivity index (χ1) is 10.3. The quantitative estimate of drug-likeness (QED) is 0.757. The normalized spacial score (nSPS) is 10.8. The zero-order chi connectivity index (χ0) is 14.7. The number of nitrogens with one attached hydrogen (secondary N) is 1. The summed E-state index contributed by atoms with van der Waals surface area (Å²) in [4.78, 5) is 4.36. The van der Waals surface area contributed by atoms with Crippen molar-refractivity contribution in [2.45, 2.75) is 6.54 Å². The van der Waals surface area contributed by atoms with Crippen molar-refractivity contribution in [3.05, 3.63) is 64.8 Å². The van der Waals surface area contributed by atoms with Gasteiger partial charge >= 0.3 is 0 Å². The van der Waals surface area contributed by atoms with Crippen molar-refractivity contribution >= 4 is 26.8 Å². The number of halogens is 1. The van der Waals surface area contributed by atoms with E-state index >= 15 is 0 Å². The second-order valence-corrected chi connectivity index (χ2v) is 5.63. The van der Waals surface area contributed by atoms with E-state index in [2.05, 4.69) is 32.3 Å². The van der Waals surface area contributed by atoms with E-state index in [0.29, 0.717) is 0 Å². The smallest absolute Gasteiger partial charge is 0.136 e. The van der Waals surface area contributed by atoms with Crippen LogP contribution >= 0.6 is 15.9 Å². The average molecular weight is 343 g/mol. The molecular weight excluding hydrogens is 328 g/mol. The standard InChI is InChI=1S/C17H15BrN2O/c1-19-11-12-7-8-13(18)10-17(12)21-16-6-2-5-15-14(16)4-3-9-20-15/h2-10,19H,11H2,1H3. The maximum Gasteiger partial charge on any atom is 0.136 e. The van der Waals surface area contributed by atoms with Gasteiger partial charge in [0.25, 0.3) is 0 Å². The summed E-state index contributed by atoms with van der Waals surface area (Å²) in [5, 5.41) is 4.17. The SMILES string of the molecule is CNCc1ccc(Br)cc1Oc1cccc2ncccc12. The minimum Gasteiger partial charge on any atom is -0.456 e. The van der Waals surface area contributed by atoms with Gasteiger partial charge in [-0.15, -0.1) is 0 Å². The molecule has 1 aromatic heterocycles. The largest absolute Gasteiger partial charge is 0.456 e. The number of nitrogens with zero attached hydrogens (tertiary/aromatic N) is 1. The van der Waals surface area contributed by atoms with Crippen LogP contribution in [0.25, 0.3) is 10.9 Å². The van der Waals surface area contributed by atoms with Gasteiger partial charge in [0.2, 0.25) is 0 Å². The highest BCUT2D eigenvalue weighted by atomic mass is 79.9. The number of ether oxygens (including phenoxy) is 1. The van der Waals surface area contributed by atoms with E-state index in [-0.39, 0.29) is 0 Å². The molecule has 3 nitrogen and oxygen atoms in total. The zero-order valence-electron chi connectivity index (χ0n) is 11.6. The third-order valence-electron chi connectivity index (χ3n) is 3.22. The second-order valence-electron chi connectivity index (χ2n) is 4.71. The maximum atomic E-state index is 6.15. The van der Waals surface area contributed by atoms with Crippen LogP contribution in [0.1, 0.15) is 5.56 Å². The minimum atomic E-state index is 0.756. The van der Waals surface area contributed by atoms with Crippen LogP contribution in [0.2, 0.25) is 0 Å². The number of pyridine rings is 1. The van der Waals surface area contributed by atoms with Crippen molar-refractivity contribution in [1.82, 2.24) is 10.3 Å². The molecule has 0 fully saturated rings. The number of aromatic nitrogens is 1. The number of hydrogen-bond acceptors (Lipinski definition) is 3. The van der Waals surface area contributed by atoms with Gasteiger partial charge in [0, 0.05) is 28.2 Å². The summed E-state index contributed by atoms with van der Waals surface area (Å²) in [5.74, 6) is 1.66. The average Bonchev–Trinajstić information content (AvgIpc) is 2.50. The third kappa shape index (κ3) is 3.06. The van der Waals surface area contributed by atoms with E-state index in [1.807, 2.05) is 49.5 Å². The highest BCUT2D eigenvalue weighted by molar-refractivity contribution is 9.10. The summed E-state index contributed by atoms with van der Waals surface area (Å²) in [6, 6.07) is 15.9. The Morgan fingerprint density at radius 1 is 1.10 bits per heavy atom. The molecule has 0 aliphatic rings. The number of rotatable bonds is 4. The Hall–Kier alpha value is -1.91. The summed E-state index contributed by atoms with van der Waals surface area (Å²) in [5.41, 5.74) is 2.04. The van der Waals surface area contributed by atoms with Gasteiger partial charge in [-0.3, -0.25) is 4.98 Å². The maximum absolute atomic E-state index is 6.15. The molecule has 0 aliphatic heterocycles. The Morgan fingerprint density at radius 2 is 2.00 bits per heavy atom. The lowest BCUT2D eigenvalue weighted by molar-refractivity contribution is 0.479. The number of fused-ring (bicyclic) bond motifs is 1. The third-order valence-corrected chi connectivity index (χ3v) is 3.72. The molecule has 0 saturated carbocycles. The van der Waals surface area contributed by atoms with Crippen molar-refractivity contribution in [2.75, 3.05) is 7.05 Å². The molecule has 4 heteroatoms. The van der Waals surface area contributed by atoms with Gasteiger partial charge in [0.1, 0.15) is 11.5 Å². The number of hydrogen-bond donors (Lipinski definition) is 1. The molecule has 0 aliphatic carbocycles. The summed E-state index contributed by atoms with van der Waals surface area (Å²) < 4.78 is 7.14. The van der Waals surface area contributed by atoms with Crippen LogP contribution in [0.15, 0.2) is 59.2 Å². The van der Waals surface area contributed by atoms with Crippen molar-refractivity contribution in [2.24, 2.45) is 0 Å². The minimum absolute atomic E-state index is 0.756. The van der Waals surface area contributed by atoms with Gasteiger partial charge < -0.3 is 10.1 Å². The van der Waals surface area contributed by atoms with Crippen LogP contribution in [0.4, 0.5) is 0 Å². The molecule has 1 heterocycles. The molecule has 1 N–H and O–H groups in total. The second kappa shape index (κ2) is 6.24. The topological polar surface area (TPSA) is 34.1 Å². The molecule has 3 rings (SSSR count). The van der Waals surface area contributed by atoms with E-state index in [4.69, 9.17) is 4.74 Å². The van der Waals surface area contributed by atoms with E-state index in [1.165, 1.54) is 0 Å². The first kappa shape index (κ1) is 14.0. The lowest BCUT2D eigenvalue weighted by Gasteiger charge is -2.13. The van der Waals surface area contributed by atoms with E-state index in [0.717, 1.165) is 39.0 Å². The lowest BCUT2D eigenvalue weighted by atomic mass is 10.2. The fraction of sp³-hybridized carbons (Fsp3) is 0.118. The monoisotopic (exact) mass is 342 g/mol. The first-order valence-corrected chi connectivity index (χ1v) is 7.52. The van der Waals surface area contributed by atoms with E-state index in [9.17, 15) is 0 Å². The highest BCUT2D eigenvalue weighted by Gasteiger charge is 2.08. The number of benzene rings is 2. The van der Waals surface area contributed by atoms with Crippen molar-refractivity contribution in [3.8, 4) is 11.5 Å². The van der Waals surface area contributed by atoms with E-state index < -0.39 is 0 Å². The molecule has 2 aromatic carbocycles. The predicted octanol–water partition coefficient (Wildman–Crippen LogP) is 4.51. The van der Waals surface area contributed by atoms with Gasteiger partial charge in [-0.05, 0) is 43.4 Å². The molecule has 0 unspecified atom stereocenters. The molecule has 21 heavy (non-hydrogen) atoms. The van der Waals surface area contributed by atoms with Crippen molar-refractivity contribution < 1.29 is 4.74 Å². The summed E-state index contributed by atoms with van der Waals surface area (Å²) >= 11 is 3.50. The highest BCUT2D eigenvalue weighted by Crippen LogP contribution is 2.32. The Balaban J connectivity index is 2.04. The van der Waals surface area contributed by atoms with E-state index in [1.54, 1.807) is 6.20 Å². The molecule has 0 spiro atoms. The van der Waals surface area contributed by atoms with Gasteiger partial charge in [-0.25, -0.2) is 0 Å². The van der Waals surface area contributed by atoms with Crippen LogP contribution in [0.5, 0.6) is 11.5 Å². The molecule has 0 bridgehead atoms. The van der Waals surface area contributed by atoms with Crippen LogP contribution in [0, 0.1) is 0 Å². The Morgan fingerprint density at radius 3 is 2.86 bits per heavy atom. The molecule has 0 radical (unpaired) electrons. The van der Waals surface area contributed by atoms with Crippen LogP contribution in [-0.2, 0) is 6.54 Å².